The van der Waals surface area contributed by atoms with Crippen molar-refractivity contribution in [3.05, 3.63) is 11.6 Å². The van der Waals surface area contributed by atoms with Crippen LogP contribution in [0.1, 0.15) is 19.8 Å². The van der Waals surface area contributed by atoms with Gasteiger partial charge in [0.25, 0.3) is 0 Å². The molecule has 0 saturated heterocycles. The van der Waals surface area contributed by atoms with Crippen molar-refractivity contribution < 1.29 is 14.7 Å². The van der Waals surface area contributed by atoms with Gasteiger partial charge < -0.3 is 10.0 Å². The van der Waals surface area contributed by atoms with Crippen LogP contribution < -0.4 is 0 Å². The highest BCUT2D eigenvalue weighted by atomic mass is 16.4. The molecule has 0 aromatic heterocycles. The third-order valence-corrected chi connectivity index (χ3v) is 2.13. The van der Waals surface area contributed by atoms with Crippen LogP contribution in [0.4, 0.5) is 0 Å². The van der Waals surface area contributed by atoms with Crippen LogP contribution in [0.3, 0.4) is 0 Å². The van der Waals surface area contributed by atoms with Crippen molar-refractivity contribution in [3.8, 4) is 0 Å². The molecule has 1 amide bonds. The van der Waals surface area contributed by atoms with Crippen molar-refractivity contribution in [3.63, 3.8) is 0 Å². The molecular formula is C9H13NO3. The maximum absolute atomic E-state index is 10.9. The van der Waals surface area contributed by atoms with Crippen molar-refractivity contribution in [2.45, 2.75) is 19.8 Å². The molecule has 1 aliphatic heterocycles. The van der Waals surface area contributed by atoms with E-state index in [4.69, 9.17) is 5.11 Å². The number of carboxylic acids is 1. The molecule has 4 heteroatoms. The number of rotatable bonds is 2. The van der Waals surface area contributed by atoms with E-state index in [0.29, 0.717) is 19.5 Å². The Bertz CT molecular complexity index is 258. The Morgan fingerprint density at radius 3 is 2.69 bits per heavy atom. The van der Waals surface area contributed by atoms with Crippen molar-refractivity contribution >= 4 is 11.9 Å². The second-order valence-electron chi connectivity index (χ2n) is 3.15. The Labute approximate surface area is 76.8 Å². The van der Waals surface area contributed by atoms with Gasteiger partial charge in [0.15, 0.2) is 0 Å². The molecule has 0 aliphatic carbocycles. The van der Waals surface area contributed by atoms with Crippen molar-refractivity contribution in [2.24, 2.45) is 0 Å². The summed E-state index contributed by atoms with van der Waals surface area (Å²) in [6.45, 7) is 2.72. The third-order valence-electron chi connectivity index (χ3n) is 2.13. The van der Waals surface area contributed by atoms with Gasteiger partial charge in [-0.15, -0.1) is 0 Å². The Kier molecular flexibility index (Phi) is 3.06. The molecule has 0 aromatic rings. The van der Waals surface area contributed by atoms with Crippen LogP contribution in [-0.2, 0) is 9.59 Å². The molecule has 0 aromatic carbocycles. The molecular weight excluding hydrogens is 170 g/mol. The predicted molar refractivity (Wildman–Crippen MR) is 47.2 cm³/mol. The van der Waals surface area contributed by atoms with Crippen LogP contribution in [0.5, 0.6) is 0 Å². The normalized spacial score (nSPS) is 16.7. The lowest BCUT2D eigenvalue weighted by Crippen LogP contribution is -2.33. The van der Waals surface area contributed by atoms with Gasteiger partial charge in [0.05, 0.1) is 6.42 Å². The highest BCUT2D eigenvalue weighted by Crippen LogP contribution is 2.13. The number of hydrogen-bond donors (Lipinski definition) is 1. The molecule has 1 aliphatic rings. The van der Waals surface area contributed by atoms with E-state index in [9.17, 15) is 9.59 Å². The van der Waals surface area contributed by atoms with Gasteiger partial charge in [-0.25, -0.2) is 0 Å². The third kappa shape index (κ3) is 2.89. The maximum atomic E-state index is 10.9. The summed E-state index contributed by atoms with van der Waals surface area (Å²) in [5, 5.41) is 8.52. The fourth-order valence-corrected chi connectivity index (χ4v) is 1.35. The van der Waals surface area contributed by atoms with Gasteiger partial charge in [0, 0.05) is 20.0 Å². The highest BCUT2D eigenvalue weighted by Gasteiger charge is 2.14. The summed E-state index contributed by atoms with van der Waals surface area (Å²) in [5.41, 5.74) is 0.921. The minimum atomic E-state index is -0.803. The van der Waals surface area contributed by atoms with E-state index in [2.05, 4.69) is 0 Å². The van der Waals surface area contributed by atoms with Gasteiger partial charge in [0.1, 0.15) is 0 Å². The molecule has 1 heterocycles. The van der Waals surface area contributed by atoms with Crippen molar-refractivity contribution in [1.29, 1.82) is 0 Å². The molecule has 72 valence electrons. The van der Waals surface area contributed by atoms with Crippen LogP contribution in [0, 0.1) is 0 Å². The quantitative estimate of drug-likeness (QED) is 0.639. The lowest BCUT2D eigenvalue weighted by atomic mass is 10.1. The zero-order valence-corrected chi connectivity index (χ0v) is 7.62. The number of nitrogens with zero attached hydrogens (tertiary/aromatic N) is 1. The zero-order chi connectivity index (χ0) is 9.84. The van der Waals surface area contributed by atoms with Gasteiger partial charge in [-0.1, -0.05) is 11.6 Å². The number of carbonyl (C=O) groups is 2. The minimum absolute atomic E-state index is 0.0469. The first-order chi connectivity index (χ1) is 6.09. The minimum Gasteiger partial charge on any atom is -0.481 e. The van der Waals surface area contributed by atoms with Crippen LogP contribution in [-0.4, -0.2) is 35.0 Å². The lowest BCUT2D eigenvalue weighted by molar-refractivity contribution is -0.136. The molecule has 0 radical (unpaired) electrons. The Hall–Kier alpha value is -1.32. The van der Waals surface area contributed by atoms with E-state index >= 15 is 0 Å². The van der Waals surface area contributed by atoms with Crippen LogP contribution in [0.15, 0.2) is 11.6 Å². The standard InChI is InChI=1S/C9H13NO3/c1-7(11)10-4-2-8(3-5-10)6-9(12)13/h2H,3-6H2,1H3,(H,12,13). The van der Waals surface area contributed by atoms with E-state index in [-0.39, 0.29) is 12.3 Å². The molecule has 0 unspecified atom stereocenters. The largest absolute Gasteiger partial charge is 0.481 e. The first-order valence-corrected chi connectivity index (χ1v) is 4.25. The van der Waals surface area contributed by atoms with Gasteiger partial charge in [0.2, 0.25) is 5.91 Å². The maximum Gasteiger partial charge on any atom is 0.307 e. The van der Waals surface area contributed by atoms with E-state index < -0.39 is 5.97 Å². The summed E-state index contributed by atoms with van der Waals surface area (Å²) in [6, 6.07) is 0. The Morgan fingerprint density at radius 2 is 2.31 bits per heavy atom. The number of carbonyl (C=O) groups excluding carboxylic acids is 1. The van der Waals surface area contributed by atoms with E-state index in [1.807, 2.05) is 6.08 Å². The first-order valence-electron chi connectivity index (χ1n) is 4.25. The molecule has 4 nitrogen and oxygen atoms in total. The molecule has 0 saturated carbocycles. The van der Waals surface area contributed by atoms with E-state index in [1.165, 1.54) is 6.92 Å². The fraction of sp³-hybridized carbons (Fsp3) is 0.556. The molecule has 0 bridgehead atoms. The number of hydrogen-bond acceptors (Lipinski definition) is 2. The van der Waals surface area contributed by atoms with Crippen LogP contribution in [0.25, 0.3) is 0 Å². The van der Waals surface area contributed by atoms with Gasteiger partial charge in [-0.2, -0.15) is 0 Å². The summed E-state index contributed by atoms with van der Waals surface area (Å²) in [4.78, 5) is 23.0. The van der Waals surface area contributed by atoms with Crippen molar-refractivity contribution in [2.75, 3.05) is 13.1 Å². The fourth-order valence-electron chi connectivity index (χ4n) is 1.35. The highest BCUT2D eigenvalue weighted by molar-refractivity contribution is 5.74. The smallest absolute Gasteiger partial charge is 0.307 e. The Balaban J connectivity index is 2.47. The van der Waals surface area contributed by atoms with Crippen LogP contribution in [0.2, 0.25) is 0 Å². The predicted octanol–water partition coefficient (Wildman–Crippen LogP) is 0.640. The van der Waals surface area contributed by atoms with Gasteiger partial charge in [-0.3, -0.25) is 9.59 Å². The number of amides is 1. The summed E-state index contributed by atoms with van der Waals surface area (Å²) in [6.07, 6.45) is 2.62. The average molecular weight is 183 g/mol. The monoisotopic (exact) mass is 183 g/mol. The molecule has 13 heavy (non-hydrogen) atoms. The molecule has 0 spiro atoms. The lowest BCUT2D eigenvalue weighted by Gasteiger charge is -2.24. The first kappa shape index (κ1) is 9.77. The summed E-state index contributed by atoms with van der Waals surface area (Å²) < 4.78 is 0. The molecule has 1 rings (SSSR count). The van der Waals surface area contributed by atoms with E-state index in [0.717, 1.165) is 5.57 Å². The molecule has 0 atom stereocenters. The van der Waals surface area contributed by atoms with Crippen molar-refractivity contribution in [1.82, 2.24) is 4.90 Å². The zero-order valence-electron chi connectivity index (χ0n) is 7.62. The topological polar surface area (TPSA) is 57.6 Å². The Morgan fingerprint density at radius 1 is 1.62 bits per heavy atom. The second kappa shape index (κ2) is 4.07. The average Bonchev–Trinajstić information content (AvgIpc) is 2.04. The summed E-state index contributed by atoms with van der Waals surface area (Å²) in [5.74, 6) is -0.756. The van der Waals surface area contributed by atoms with E-state index in [1.54, 1.807) is 4.90 Å². The van der Waals surface area contributed by atoms with Crippen LogP contribution >= 0.6 is 0 Å². The SMILES string of the molecule is CC(=O)N1CC=C(CC(=O)O)CC1. The van der Waals surface area contributed by atoms with Gasteiger partial charge in [-0.05, 0) is 6.42 Å². The van der Waals surface area contributed by atoms with Gasteiger partial charge >= 0.3 is 5.97 Å². The summed E-state index contributed by atoms with van der Waals surface area (Å²) >= 11 is 0. The molecule has 1 N–H and O–H groups in total. The number of carboxylic acid groups (broad SMARTS) is 1. The summed E-state index contributed by atoms with van der Waals surface area (Å²) in [7, 11) is 0. The number of aliphatic carboxylic acids is 1. The second-order valence-corrected chi connectivity index (χ2v) is 3.15. The molecule has 0 fully saturated rings.